The Morgan fingerprint density at radius 2 is 1.83 bits per heavy atom. The topological polar surface area (TPSA) is 72.6 Å². The molecule has 0 aromatic rings. The maximum Gasteiger partial charge on any atom is 0.410 e. The molecule has 0 rings (SSSR count). The molecule has 2 amide bonds. The molecule has 18 heavy (non-hydrogen) atoms. The first-order chi connectivity index (χ1) is 8.08. The van der Waals surface area contributed by atoms with Crippen LogP contribution in [0.15, 0.2) is 0 Å². The number of primary amides is 1. The number of rotatable bonds is 5. The van der Waals surface area contributed by atoms with Crippen molar-refractivity contribution in [1.29, 1.82) is 0 Å². The van der Waals surface area contributed by atoms with Gasteiger partial charge in [-0.15, -0.1) is 0 Å². The van der Waals surface area contributed by atoms with Crippen molar-refractivity contribution in [1.82, 2.24) is 4.90 Å². The number of carbonyl (C=O) groups excluding carboxylic acids is 2. The van der Waals surface area contributed by atoms with Crippen molar-refractivity contribution in [2.24, 2.45) is 5.73 Å². The van der Waals surface area contributed by atoms with Crippen LogP contribution in [-0.4, -0.2) is 41.5 Å². The number of nitrogens with zero attached hydrogens (tertiary/aromatic N) is 1. The highest BCUT2D eigenvalue weighted by atomic mass is 19.3. The molecule has 5 nitrogen and oxygen atoms in total. The number of halogens is 2. The van der Waals surface area contributed by atoms with Crippen molar-refractivity contribution in [2.75, 3.05) is 6.54 Å². The summed E-state index contributed by atoms with van der Waals surface area (Å²) in [4.78, 5) is 23.8. The van der Waals surface area contributed by atoms with Gasteiger partial charge in [0.1, 0.15) is 11.6 Å². The number of hydrogen-bond donors (Lipinski definition) is 1. The Bertz CT molecular complexity index is 303. The number of amides is 2. The lowest BCUT2D eigenvalue weighted by atomic mass is 10.1. The van der Waals surface area contributed by atoms with Crippen LogP contribution in [-0.2, 0) is 9.53 Å². The standard InChI is InChI=1S/C11H20F2N2O3/c1-5-15(10(17)18-11(2,3)4)7(9(14)16)6-8(12)13/h7-8H,5-6H2,1-4H3,(H2,14,16). The van der Waals surface area contributed by atoms with Gasteiger partial charge in [0.2, 0.25) is 12.3 Å². The molecule has 0 radical (unpaired) electrons. The van der Waals surface area contributed by atoms with E-state index in [1.54, 1.807) is 27.7 Å². The molecule has 0 heterocycles. The smallest absolute Gasteiger partial charge is 0.410 e. The van der Waals surface area contributed by atoms with Gasteiger partial charge in [-0.2, -0.15) is 0 Å². The Balaban J connectivity index is 4.90. The zero-order chi connectivity index (χ0) is 14.5. The van der Waals surface area contributed by atoms with Crippen molar-refractivity contribution >= 4 is 12.0 Å². The number of hydrogen-bond acceptors (Lipinski definition) is 3. The lowest BCUT2D eigenvalue weighted by molar-refractivity contribution is -0.124. The minimum absolute atomic E-state index is 0.0647. The zero-order valence-corrected chi connectivity index (χ0v) is 11.1. The first-order valence-corrected chi connectivity index (χ1v) is 5.65. The van der Waals surface area contributed by atoms with Gasteiger partial charge >= 0.3 is 6.09 Å². The van der Waals surface area contributed by atoms with Gasteiger partial charge in [0, 0.05) is 13.0 Å². The van der Waals surface area contributed by atoms with Gasteiger partial charge in [-0.05, 0) is 27.7 Å². The number of likely N-dealkylation sites (N-methyl/N-ethyl adjacent to an activating group) is 1. The molecule has 0 aliphatic carbocycles. The summed E-state index contributed by atoms with van der Waals surface area (Å²) in [5.74, 6) is -0.969. The van der Waals surface area contributed by atoms with E-state index in [2.05, 4.69) is 0 Å². The minimum atomic E-state index is -2.72. The summed E-state index contributed by atoms with van der Waals surface area (Å²) < 4.78 is 29.8. The van der Waals surface area contributed by atoms with Gasteiger partial charge in [0.25, 0.3) is 0 Å². The van der Waals surface area contributed by atoms with Gasteiger partial charge in [-0.3, -0.25) is 9.69 Å². The van der Waals surface area contributed by atoms with Crippen LogP contribution in [0.4, 0.5) is 13.6 Å². The van der Waals surface area contributed by atoms with Crippen LogP contribution in [0.2, 0.25) is 0 Å². The number of carbonyl (C=O) groups is 2. The van der Waals surface area contributed by atoms with Crippen molar-refractivity contribution in [3.05, 3.63) is 0 Å². The minimum Gasteiger partial charge on any atom is -0.444 e. The van der Waals surface area contributed by atoms with E-state index in [1.807, 2.05) is 0 Å². The van der Waals surface area contributed by atoms with Crippen molar-refractivity contribution in [3.63, 3.8) is 0 Å². The maximum absolute atomic E-state index is 12.4. The number of ether oxygens (including phenoxy) is 1. The molecule has 0 saturated carbocycles. The van der Waals surface area contributed by atoms with Crippen molar-refractivity contribution in [2.45, 2.75) is 52.2 Å². The Kier molecular flexibility index (Phi) is 6.00. The predicted molar refractivity (Wildman–Crippen MR) is 62.2 cm³/mol. The van der Waals surface area contributed by atoms with Gasteiger partial charge in [-0.25, -0.2) is 13.6 Å². The van der Waals surface area contributed by atoms with E-state index in [4.69, 9.17) is 10.5 Å². The van der Waals surface area contributed by atoms with E-state index in [0.717, 1.165) is 4.90 Å². The van der Waals surface area contributed by atoms with E-state index in [9.17, 15) is 18.4 Å². The highest BCUT2D eigenvalue weighted by Gasteiger charge is 2.32. The highest BCUT2D eigenvalue weighted by molar-refractivity contribution is 5.84. The molecule has 0 saturated heterocycles. The summed E-state index contributed by atoms with van der Waals surface area (Å²) in [6, 6.07) is -1.36. The molecule has 0 aliphatic heterocycles. The van der Waals surface area contributed by atoms with E-state index >= 15 is 0 Å². The van der Waals surface area contributed by atoms with Crippen LogP contribution in [0, 0.1) is 0 Å². The predicted octanol–water partition coefficient (Wildman–Crippen LogP) is 1.75. The summed E-state index contributed by atoms with van der Waals surface area (Å²) in [7, 11) is 0. The average molecular weight is 266 g/mol. The second-order valence-electron chi connectivity index (χ2n) is 4.81. The number of nitrogens with two attached hydrogens (primary N) is 1. The Morgan fingerprint density at radius 3 is 2.11 bits per heavy atom. The highest BCUT2D eigenvalue weighted by Crippen LogP contribution is 2.15. The third-order valence-corrected chi connectivity index (χ3v) is 2.07. The molecule has 0 aliphatic rings. The summed E-state index contributed by atoms with van der Waals surface area (Å²) in [6.07, 6.45) is -4.34. The zero-order valence-electron chi connectivity index (χ0n) is 11.1. The summed E-state index contributed by atoms with van der Waals surface area (Å²) >= 11 is 0. The normalized spacial score (nSPS) is 13.3. The SMILES string of the molecule is CCN(C(=O)OC(C)(C)C)C(CC(F)F)C(N)=O. The first-order valence-electron chi connectivity index (χ1n) is 5.65. The van der Waals surface area contributed by atoms with Crippen LogP contribution >= 0.6 is 0 Å². The fraction of sp³-hybridized carbons (Fsp3) is 0.818. The molecule has 0 spiro atoms. The average Bonchev–Trinajstić information content (AvgIpc) is 2.13. The van der Waals surface area contributed by atoms with E-state index < -0.39 is 36.5 Å². The van der Waals surface area contributed by atoms with E-state index in [-0.39, 0.29) is 6.54 Å². The summed E-state index contributed by atoms with van der Waals surface area (Å²) in [6.45, 7) is 6.56. The molecule has 2 N–H and O–H groups in total. The van der Waals surface area contributed by atoms with Gasteiger partial charge in [-0.1, -0.05) is 0 Å². The lowest BCUT2D eigenvalue weighted by Crippen LogP contribution is -2.50. The third-order valence-electron chi connectivity index (χ3n) is 2.07. The van der Waals surface area contributed by atoms with Crippen LogP contribution in [0.3, 0.4) is 0 Å². The molecule has 0 aromatic heterocycles. The lowest BCUT2D eigenvalue weighted by Gasteiger charge is -2.31. The van der Waals surface area contributed by atoms with Crippen molar-refractivity contribution < 1.29 is 23.1 Å². The van der Waals surface area contributed by atoms with Crippen LogP contribution < -0.4 is 5.73 Å². The monoisotopic (exact) mass is 266 g/mol. The second-order valence-corrected chi connectivity index (χ2v) is 4.81. The molecule has 0 bridgehead atoms. The van der Waals surface area contributed by atoms with Crippen molar-refractivity contribution in [3.8, 4) is 0 Å². The maximum atomic E-state index is 12.4. The van der Waals surface area contributed by atoms with Crippen LogP contribution in [0.5, 0.6) is 0 Å². The molecule has 7 heteroatoms. The van der Waals surface area contributed by atoms with E-state index in [0.29, 0.717) is 0 Å². The van der Waals surface area contributed by atoms with E-state index in [1.165, 1.54) is 0 Å². The molecule has 1 unspecified atom stereocenters. The Morgan fingerprint density at radius 1 is 1.33 bits per heavy atom. The fourth-order valence-corrected chi connectivity index (χ4v) is 1.36. The fourth-order valence-electron chi connectivity index (χ4n) is 1.36. The Labute approximate surface area is 105 Å². The third kappa shape index (κ3) is 5.79. The van der Waals surface area contributed by atoms with Crippen LogP contribution in [0.25, 0.3) is 0 Å². The van der Waals surface area contributed by atoms with Crippen LogP contribution in [0.1, 0.15) is 34.1 Å². The molecule has 1 atom stereocenters. The molecule has 0 aromatic carbocycles. The molecular formula is C11H20F2N2O3. The largest absolute Gasteiger partial charge is 0.444 e. The van der Waals surface area contributed by atoms with Gasteiger partial charge < -0.3 is 10.5 Å². The number of alkyl halides is 2. The quantitative estimate of drug-likeness (QED) is 0.824. The Hall–Kier alpha value is -1.40. The summed E-state index contributed by atoms with van der Waals surface area (Å²) in [5, 5.41) is 0. The summed E-state index contributed by atoms with van der Waals surface area (Å²) in [5.41, 5.74) is 4.27. The van der Waals surface area contributed by atoms with Gasteiger partial charge in [0.05, 0.1) is 0 Å². The molecule has 0 fully saturated rings. The molecular weight excluding hydrogens is 246 g/mol. The molecule has 106 valence electrons. The first kappa shape index (κ1) is 16.6. The second kappa shape index (κ2) is 6.51. The van der Waals surface area contributed by atoms with Gasteiger partial charge in [0.15, 0.2) is 0 Å².